The lowest BCUT2D eigenvalue weighted by molar-refractivity contribution is 0.0718. The third-order valence-corrected chi connectivity index (χ3v) is 4.21. The van der Waals surface area contributed by atoms with Crippen molar-refractivity contribution in [3.05, 3.63) is 41.7 Å². The van der Waals surface area contributed by atoms with Crippen LogP contribution < -0.4 is 10.1 Å². The molecule has 3 heterocycles. The molecule has 0 unspecified atom stereocenters. The number of piperidine rings is 1. The first-order valence-corrected chi connectivity index (χ1v) is 8.60. The maximum atomic E-state index is 12.6. The van der Waals surface area contributed by atoms with E-state index in [1.54, 1.807) is 18.3 Å². The normalized spacial score (nSPS) is 15.0. The van der Waals surface area contributed by atoms with Crippen molar-refractivity contribution in [1.29, 1.82) is 0 Å². The van der Waals surface area contributed by atoms with Gasteiger partial charge in [-0.1, -0.05) is 0 Å². The minimum absolute atomic E-state index is 0.0177. The molecule has 2 aromatic heterocycles. The molecular weight excluding hydrogens is 318 g/mol. The summed E-state index contributed by atoms with van der Waals surface area (Å²) in [4.78, 5) is 18.6. The molecule has 2 aromatic rings. The van der Waals surface area contributed by atoms with Crippen LogP contribution in [-0.2, 0) is 0 Å². The maximum Gasteiger partial charge on any atom is 0.255 e. The van der Waals surface area contributed by atoms with Gasteiger partial charge in [-0.25, -0.2) is 4.98 Å². The molecule has 3 rings (SSSR count). The number of hydrogen-bond donors (Lipinski definition) is 1. The van der Waals surface area contributed by atoms with E-state index in [0.717, 1.165) is 24.4 Å². The van der Waals surface area contributed by atoms with Crippen molar-refractivity contribution in [2.24, 2.45) is 0 Å². The standard InChI is InChI=1S/C18H23N5O2/c1-3-25-17-7-5-14(12-19-17)18(24)23-10-8-15(9-11-23)20-16-6-4-13(2)21-22-16/h4-7,12,15H,3,8-11H2,1-2H3,(H,20,22). The third kappa shape index (κ3) is 4.43. The molecule has 1 saturated heterocycles. The number of nitrogens with one attached hydrogen (secondary N) is 1. The second-order valence-electron chi connectivity index (χ2n) is 6.09. The minimum atomic E-state index is 0.0177. The first kappa shape index (κ1) is 17.1. The van der Waals surface area contributed by atoms with Crippen LogP contribution in [0, 0.1) is 6.92 Å². The highest BCUT2D eigenvalue weighted by atomic mass is 16.5. The van der Waals surface area contributed by atoms with Crippen LogP contribution in [0.15, 0.2) is 30.5 Å². The third-order valence-electron chi connectivity index (χ3n) is 4.21. The van der Waals surface area contributed by atoms with Crippen molar-refractivity contribution >= 4 is 11.7 Å². The van der Waals surface area contributed by atoms with Gasteiger partial charge in [0.1, 0.15) is 5.82 Å². The number of aryl methyl sites for hydroxylation is 1. The first-order chi connectivity index (χ1) is 12.2. The number of pyridine rings is 1. The van der Waals surface area contributed by atoms with Gasteiger partial charge in [0.2, 0.25) is 5.88 Å². The van der Waals surface area contributed by atoms with E-state index in [4.69, 9.17) is 4.74 Å². The highest BCUT2D eigenvalue weighted by molar-refractivity contribution is 5.94. The van der Waals surface area contributed by atoms with Crippen LogP contribution in [0.25, 0.3) is 0 Å². The molecule has 132 valence electrons. The van der Waals surface area contributed by atoms with Crippen LogP contribution >= 0.6 is 0 Å². The molecule has 7 heteroatoms. The zero-order valence-corrected chi connectivity index (χ0v) is 14.6. The van der Waals surface area contributed by atoms with Crippen LogP contribution in [0.3, 0.4) is 0 Å². The molecular formula is C18H23N5O2. The lowest BCUT2D eigenvalue weighted by Crippen LogP contribution is -2.42. The first-order valence-electron chi connectivity index (χ1n) is 8.60. The van der Waals surface area contributed by atoms with Crippen molar-refractivity contribution < 1.29 is 9.53 Å². The van der Waals surface area contributed by atoms with Crippen LogP contribution in [0.4, 0.5) is 5.82 Å². The van der Waals surface area contributed by atoms with Gasteiger partial charge in [0, 0.05) is 31.4 Å². The van der Waals surface area contributed by atoms with Crippen molar-refractivity contribution in [1.82, 2.24) is 20.1 Å². The molecule has 1 aliphatic rings. The van der Waals surface area contributed by atoms with E-state index in [1.807, 2.05) is 30.9 Å². The Hall–Kier alpha value is -2.70. The van der Waals surface area contributed by atoms with E-state index in [2.05, 4.69) is 20.5 Å². The molecule has 1 N–H and O–H groups in total. The second-order valence-corrected chi connectivity index (χ2v) is 6.09. The molecule has 0 radical (unpaired) electrons. The predicted octanol–water partition coefficient (Wildman–Crippen LogP) is 2.30. The van der Waals surface area contributed by atoms with E-state index < -0.39 is 0 Å². The van der Waals surface area contributed by atoms with Gasteiger partial charge in [0.15, 0.2) is 0 Å². The second kappa shape index (κ2) is 7.92. The van der Waals surface area contributed by atoms with E-state index in [1.165, 1.54) is 0 Å². The van der Waals surface area contributed by atoms with Gasteiger partial charge in [-0.05, 0) is 44.9 Å². The number of amides is 1. The molecule has 25 heavy (non-hydrogen) atoms. The van der Waals surface area contributed by atoms with Crippen LogP contribution in [-0.4, -0.2) is 51.7 Å². The Morgan fingerprint density at radius 1 is 1.24 bits per heavy atom. The number of ether oxygens (including phenoxy) is 1. The Labute approximate surface area is 147 Å². The van der Waals surface area contributed by atoms with Gasteiger partial charge >= 0.3 is 0 Å². The quantitative estimate of drug-likeness (QED) is 0.899. The molecule has 0 atom stereocenters. The topological polar surface area (TPSA) is 80.2 Å². The van der Waals surface area contributed by atoms with E-state index in [0.29, 0.717) is 37.2 Å². The van der Waals surface area contributed by atoms with Gasteiger partial charge in [-0.2, -0.15) is 5.10 Å². The van der Waals surface area contributed by atoms with Crippen molar-refractivity contribution in [3.63, 3.8) is 0 Å². The Bertz CT molecular complexity index is 694. The summed E-state index contributed by atoms with van der Waals surface area (Å²) in [6.45, 7) is 5.80. The molecule has 1 aliphatic heterocycles. The molecule has 1 amide bonds. The zero-order chi connectivity index (χ0) is 17.6. The molecule has 0 bridgehead atoms. The van der Waals surface area contributed by atoms with Crippen LogP contribution in [0.5, 0.6) is 5.88 Å². The summed E-state index contributed by atoms with van der Waals surface area (Å²) < 4.78 is 5.31. The molecule has 0 aromatic carbocycles. The van der Waals surface area contributed by atoms with E-state index in [9.17, 15) is 4.79 Å². The summed E-state index contributed by atoms with van der Waals surface area (Å²) in [5.41, 5.74) is 1.49. The summed E-state index contributed by atoms with van der Waals surface area (Å²) >= 11 is 0. The lowest BCUT2D eigenvalue weighted by atomic mass is 10.0. The summed E-state index contributed by atoms with van der Waals surface area (Å²) in [6, 6.07) is 7.69. The van der Waals surface area contributed by atoms with Gasteiger partial charge < -0.3 is 15.0 Å². The Balaban J connectivity index is 1.52. The lowest BCUT2D eigenvalue weighted by Gasteiger charge is -2.32. The van der Waals surface area contributed by atoms with Crippen molar-refractivity contribution in [3.8, 4) is 5.88 Å². The fourth-order valence-corrected chi connectivity index (χ4v) is 2.83. The highest BCUT2D eigenvalue weighted by Gasteiger charge is 2.24. The summed E-state index contributed by atoms with van der Waals surface area (Å²) in [5.74, 6) is 1.34. The number of carbonyl (C=O) groups excluding carboxylic acids is 1. The molecule has 0 spiro atoms. The Kier molecular flexibility index (Phi) is 5.42. The number of hydrogen-bond acceptors (Lipinski definition) is 6. The Morgan fingerprint density at radius 2 is 2.04 bits per heavy atom. The van der Waals surface area contributed by atoms with Gasteiger partial charge in [0.25, 0.3) is 5.91 Å². The smallest absolute Gasteiger partial charge is 0.255 e. The summed E-state index contributed by atoms with van der Waals surface area (Å²) in [7, 11) is 0. The van der Waals surface area contributed by atoms with Crippen LogP contribution in [0.2, 0.25) is 0 Å². The van der Waals surface area contributed by atoms with Gasteiger partial charge in [-0.3, -0.25) is 4.79 Å². The number of rotatable bonds is 5. The molecule has 0 aliphatic carbocycles. The predicted molar refractivity (Wildman–Crippen MR) is 94.7 cm³/mol. The number of aromatic nitrogens is 3. The Morgan fingerprint density at radius 3 is 2.64 bits per heavy atom. The molecule has 0 saturated carbocycles. The largest absolute Gasteiger partial charge is 0.478 e. The van der Waals surface area contributed by atoms with Crippen molar-refractivity contribution in [2.75, 3.05) is 25.0 Å². The van der Waals surface area contributed by atoms with Gasteiger partial charge in [0.05, 0.1) is 17.9 Å². The average molecular weight is 341 g/mol. The number of anilines is 1. The number of nitrogens with zero attached hydrogens (tertiary/aromatic N) is 4. The summed E-state index contributed by atoms with van der Waals surface area (Å²) in [5, 5.41) is 11.6. The molecule has 7 nitrogen and oxygen atoms in total. The van der Waals surface area contributed by atoms with E-state index in [-0.39, 0.29) is 5.91 Å². The SMILES string of the molecule is CCOc1ccc(C(=O)N2CCC(Nc3ccc(C)nn3)CC2)cn1. The fourth-order valence-electron chi connectivity index (χ4n) is 2.83. The fraction of sp³-hybridized carbons (Fsp3) is 0.444. The summed E-state index contributed by atoms with van der Waals surface area (Å²) in [6.07, 6.45) is 3.34. The number of likely N-dealkylation sites (tertiary alicyclic amines) is 1. The number of carbonyl (C=O) groups is 1. The van der Waals surface area contributed by atoms with Gasteiger partial charge in [-0.15, -0.1) is 5.10 Å². The zero-order valence-electron chi connectivity index (χ0n) is 14.6. The average Bonchev–Trinajstić information content (AvgIpc) is 2.65. The van der Waals surface area contributed by atoms with Crippen molar-refractivity contribution in [2.45, 2.75) is 32.7 Å². The molecule has 1 fully saturated rings. The monoisotopic (exact) mass is 341 g/mol. The maximum absolute atomic E-state index is 12.6. The van der Waals surface area contributed by atoms with Crippen LogP contribution in [0.1, 0.15) is 35.8 Å². The van der Waals surface area contributed by atoms with E-state index >= 15 is 0 Å². The minimum Gasteiger partial charge on any atom is -0.478 e. The highest BCUT2D eigenvalue weighted by Crippen LogP contribution is 2.17.